The van der Waals surface area contributed by atoms with Crippen molar-refractivity contribution in [2.45, 2.75) is 89.6 Å². The molecule has 0 N–H and O–H groups in total. The quantitative estimate of drug-likeness (QED) is 0.361. The van der Waals surface area contributed by atoms with Crippen LogP contribution in [-0.2, 0) is 26.5 Å². The Morgan fingerprint density at radius 2 is 1.38 bits per heavy atom. The van der Waals surface area contributed by atoms with Gasteiger partial charge >= 0.3 is 21.7 Å². The second-order valence-electron chi connectivity index (χ2n) is 9.80. The summed E-state index contributed by atoms with van der Waals surface area (Å²) in [4.78, 5) is 5.35. The van der Waals surface area contributed by atoms with Crippen LogP contribution in [0.4, 0.5) is 0 Å². The molecule has 152 valence electrons. The molecular weight excluding hydrogens is 370 g/mol. The SMILES string of the molecule is COC1CC([Si](C)(C)[N-]C(C)(C)C)C2C[C@H]3CCCC3CC12.[CH3-].[CH3-].[CH3-].[Ti+4]. The van der Waals surface area contributed by atoms with Crippen LogP contribution in [0.15, 0.2) is 0 Å². The van der Waals surface area contributed by atoms with Crippen molar-refractivity contribution in [1.29, 1.82) is 0 Å². The third-order valence-corrected chi connectivity index (χ3v) is 10.6. The van der Waals surface area contributed by atoms with Gasteiger partial charge in [0.25, 0.3) is 0 Å². The summed E-state index contributed by atoms with van der Waals surface area (Å²) >= 11 is 0. The summed E-state index contributed by atoms with van der Waals surface area (Å²) in [7, 11) is 0.374. The molecule has 2 nitrogen and oxygen atoms in total. The van der Waals surface area contributed by atoms with E-state index in [2.05, 4.69) is 33.9 Å². The van der Waals surface area contributed by atoms with Crippen molar-refractivity contribution in [2.24, 2.45) is 23.7 Å². The second kappa shape index (κ2) is 10.6. The Bertz CT molecular complexity index is 409. The summed E-state index contributed by atoms with van der Waals surface area (Å²) in [6, 6.07) is 0. The maximum Gasteiger partial charge on any atom is 4.00 e. The van der Waals surface area contributed by atoms with Gasteiger partial charge in [0.15, 0.2) is 0 Å². The predicted molar refractivity (Wildman–Crippen MR) is 116 cm³/mol. The summed E-state index contributed by atoms with van der Waals surface area (Å²) in [6.45, 7) is 11.8. The maximum atomic E-state index is 5.97. The van der Waals surface area contributed by atoms with Gasteiger partial charge in [-0.05, 0) is 42.9 Å². The molecule has 3 aliphatic rings. The molecule has 0 spiro atoms. The summed E-state index contributed by atoms with van der Waals surface area (Å²) in [5.74, 6) is 3.77. The fourth-order valence-electron chi connectivity index (χ4n) is 6.30. The first kappa shape index (κ1) is 29.1. The monoisotopic (exact) mass is 415 g/mol. The third-order valence-electron chi connectivity index (χ3n) is 6.83. The van der Waals surface area contributed by atoms with Crippen LogP contribution in [0.1, 0.15) is 59.3 Å². The molecule has 0 saturated heterocycles. The third kappa shape index (κ3) is 5.92. The normalized spacial score (nSPS) is 35.8. The van der Waals surface area contributed by atoms with Crippen LogP contribution >= 0.6 is 0 Å². The van der Waals surface area contributed by atoms with Crippen LogP contribution in [-0.4, -0.2) is 27.0 Å². The Morgan fingerprint density at radius 1 is 0.885 bits per heavy atom. The molecule has 3 rings (SSSR count). The van der Waals surface area contributed by atoms with Gasteiger partial charge in [-0.1, -0.05) is 66.9 Å². The standard InChI is InChI=1S/C19H36NOSi.3CH3.Ti/c1-19(2,3)20-22(5,6)18-12-17(21-4)15-10-13-8-7-9-14(13)11-16(15)18;;;;/h13-18H,7-12H2,1-6H3;3*1H3;/q4*-1;+4/t13?,14-,15?,16?,17?,18?;;;;/m1..../s1. The van der Waals surface area contributed by atoms with E-state index < -0.39 is 8.24 Å². The number of rotatable bonds is 3. The fourth-order valence-corrected chi connectivity index (χ4v) is 10.4. The van der Waals surface area contributed by atoms with E-state index in [1.54, 1.807) is 0 Å². The maximum absolute atomic E-state index is 5.97. The van der Waals surface area contributed by atoms with E-state index in [0.29, 0.717) is 6.10 Å². The molecular formula is C22H45NOSiTi. The van der Waals surface area contributed by atoms with E-state index >= 15 is 0 Å². The molecule has 6 atom stereocenters. The minimum absolute atomic E-state index is 0. The molecule has 26 heavy (non-hydrogen) atoms. The molecule has 0 aromatic carbocycles. The molecule has 3 fully saturated rings. The first-order valence-corrected chi connectivity index (χ1v) is 12.5. The molecule has 0 heterocycles. The minimum atomic E-state index is -1.57. The number of fused-ring (bicyclic) bond motifs is 2. The Morgan fingerprint density at radius 3 is 1.85 bits per heavy atom. The van der Waals surface area contributed by atoms with Crippen LogP contribution in [0.3, 0.4) is 0 Å². The van der Waals surface area contributed by atoms with Crippen LogP contribution in [0.5, 0.6) is 0 Å². The van der Waals surface area contributed by atoms with Crippen molar-refractivity contribution in [2.75, 3.05) is 7.11 Å². The molecule has 0 amide bonds. The van der Waals surface area contributed by atoms with Crippen LogP contribution in [0.25, 0.3) is 4.98 Å². The molecule has 0 aromatic rings. The second-order valence-corrected chi connectivity index (χ2v) is 14.1. The van der Waals surface area contributed by atoms with Crippen LogP contribution in [0, 0.1) is 46.0 Å². The average molecular weight is 416 g/mol. The van der Waals surface area contributed by atoms with Gasteiger partial charge in [0, 0.05) is 7.11 Å². The Balaban J connectivity index is 0. The zero-order valence-electron chi connectivity index (χ0n) is 19.1. The first-order chi connectivity index (χ1) is 10.2. The van der Waals surface area contributed by atoms with E-state index in [1.807, 2.05) is 7.11 Å². The van der Waals surface area contributed by atoms with E-state index in [4.69, 9.17) is 9.72 Å². The summed E-state index contributed by atoms with van der Waals surface area (Å²) in [5, 5.41) is 0. The Kier molecular flexibility index (Phi) is 11.8. The van der Waals surface area contributed by atoms with Gasteiger partial charge in [-0.15, -0.1) is 5.54 Å². The van der Waals surface area contributed by atoms with E-state index in [0.717, 1.165) is 29.2 Å². The largest absolute Gasteiger partial charge is 4.00 e. The van der Waals surface area contributed by atoms with Crippen molar-refractivity contribution < 1.29 is 26.5 Å². The van der Waals surface area contributed by atoms with Gasteiger partial charge in [-0.3, -0.25) is 0 Å². The zero-order valence-corrected chi connectivity index (χ0v) is 21.6. The number of ether oxygens (including phenoxy) is 1. The van der Waals surface area contributed by atoms with Gasteiger partial charge in [0.1, 0.15) is 0 Å². The molecule has 0 aromatic heterocycles. The topological polar surface area (TPSA) is 23.3 Å². The van der Waals surface area contributed by atoms with Crippen molar-refractivity contribution in [1.82, 2.24) is 0 Å². The average Bonchev–Trinajstić information content (AvgIpc) is 2.96. The summed E-state index contributed by atoms with van der Waals surface area (Å²) < 4.78 is 5.97. The van der Waals surface area contributed by atoms with E-state index in [1.165, 1.54) is 38.5 Å². The van der Waals surface area contributed by atoms with E-state index in [9.17, 15) is 0 Å². The number of hydrogen-bond acceptors (Lipinski definition) is 1. The van der Waals surface area contributed by atoms with Crippen molar-refractivity contribution >= 4 is 8.24 Å². The summed E-state index contributed by atoms with van der Waals surface area (Å²) in [5.41, 5.74) is 0.948. The van der Waals surface area contributed by atoms with Crippen LogP contribution in [0.2, 0.25) is 18.6 Å². The van der Waals surface area contributed by atoms with Crippen molar-refractivity contribution in [3.63, 3.8) is 0 Å². The number of nitrogens with zero attached hydrogens (tertiary/aromatic N) is 1. The van der Waals surface area contributed by atoms with E-state index in [-0.39, 0.29) is 49.5 Å². The van der Waals surface area contributed by atoms with Gasteiger partial charge in [-0.2, -0.15) is 0 Å². The number of methoxy groups -OCH3 is 1. The number of hydrogen-bond donors (Lipinski definition) is 0. The molecule has 0 aliphatic heterocycles. The molecule has 5 unspecified atom stereocenters. The Hall–Kier alpha value is 0.851. The molecule has 4 heteroatoms. The molecule has 3 aliphatic carbocycles. The van der Waals surface area contributed by atoms with Gasteiger partial charge in [0.05, 0.1) is 6.10 Å². The molecule has 3 saturated carbocycles. The molecule has 0 radical (unpaired) electrons. The zero-order chi connectivity index (χ0) is 16.1. The minimum Gasteiger partial charge on any atom is -0.660 e. The van der Waals surface area contributed by atoms with Crippen molar-refractivity contribution in [3.8, 4) is 0 Å². The molecule has 0 bridgehead atoms. The van der Waals surface area contributed by atoms with Crippen LogP contribution < -0.4 is 0 Å². The Labute approximate surface area is 182 Å². The summed E-state index contributed by atoms with van der Waals surface area (Å²) in [6.07, 6.45) is 9.19. The van der Waals surface area contributed by atoms with Crippen molar-refractivity contribution in [3.05, 3.63) is 27.3 Å². The fraction of sp³-hybridized carbons (Fsp3) is 0.864. The smallest absolute Gasteiger partial charge is 0.660 e. The van der Waals surface area contributed by atoms with Gasteiger partial charge in [0.2, 0.25) is 0 Å². The predicted octanol–water partition coefficient (Wildman–Crippen LogP) is 6.94. The first-order valence-electron chi connectivity index (χ1n) is 9.48. The van der Waals surface area contributed by atoms with Gasteiger partial charge < -0.3 is 32.0 Å². The van der Waals surface area contributed by atoms with Gasteiger partial charge in [-0.25, -0.2) is 0 Å².